The standard InChI is InChI=1S/C19H22N4O4S/c1-12-5-6-15(7-14(12)8-20)21-18(24)17-13(2)16(9-23(17)4)28(25,26)22-19(3)10-27-11-19/h5-7,9,22H,10-11H2,1-4H3,(H,21,24). The molecular formula is C19H22N4O4S. The summed E-state index contributed by atoms with van der Waals surface area (Å²) in [5, 5.41) is 11.9. The number of nitrogens with zero attached hydrogens (tertiary/aromatic N) is 2. The summed E-state index contributed by atoms with van der Waals surface area (Å²) < 4.78 is 34.8. The quantitative estimate of drug-likeness (QED) is 0.792. The summed E-state index contributed by atoms with van der Waals surface area (Å²) in [7, 11) is -2.19. The molecular weight excluding hydrogens is 380 g/mol. The van der Waals surface area contributed by atoms with E-state index in [4.69, 9.17) is 10.00 Å². The first-order valence-electron chi connectivity index (χ1n) is 8.66. The van der Waals surface area contributed by atoms with E-state index >= 15 is 0 Å². The lowest BCUT2D eigenvalue weighted by atomic mass is 10.0. The van der Waals surface area contributed by atoms with Crippen molar-refractivity contribution in [2.75, 3.05) is 18.5 Å². The van der Waals surface area contributed by atoms with Crippen molar-refractivity contribution in [1.29, 1.82) is 5.26 Å². The molecule has 1 aromatic heterocycles. The normalized spacial score (nSPS) is 15.5. The van der Waals surface area contributed by atoms with Crippen LogP contribution in [0.15, 0.2) is 29.3 Å². The lowest BCUT2D eigenvalue weighted by Crippen LogP contribution is -2.59. The topological polar surface area (TPSA) is 113 Å². The molecule has 1 amide bonds. The van der Waals surface area contributed by atoms with E-state index in [1.165, 1.54) is 10.8 Å². The Morgan fingerprint density at radius 1 is 1.32 bits per heavy atom. The van der Waals surface area contributed by atoms with Crippen LogP contribution in [0.4, 0.5) is 5.69 Å². The van der Waals surface area contributed by atoms with Crippen LogP contribution in [-0.2, 0) is 21.8 Å². The maximum absolute atomic E-state index is 12.8. The van der Waals surface area contributed by atoms with Crippen molar-refractivity contribution in [2.24, 2.45) is 7.05 Å². The molecule has 0 bridgehead atoms. The summed E-state index contributed by atoms with van der Waals surface area (Å²) in [4.78, 5) is 12.8. The van der Waals surface area contributed by atoms with Gasteiger partial charge in [0.25, 0.3) is 5.91 Å². The van der Waals surface area contributed by atoms with E-state index in [0.717, 1.165) is 5.56 Å². The van der Waals surface area contributed by atoms with Crippen molar-refractivity contribution in [2.45, 2.75) is 31.2 Å². The first kappa shape index (κ1) is 20.1. The van der Waals surface area contributed by atoms with Crippen molar-refractivity contribution in [3.8, 4) is 6.07 Å². The second-order valence-electron chi connectivity index (χ2n) is 7.33. The number of carbonyl (C=O) groups is 1. The Hall–Kier alpha value is -2.67. The molecule has 0 aliphatic carbocycles. The van der Waals surface area contributed by atoms with Gasteiger partial charge in [0.05, 0.1) is 30.4 Å². The van der Waals surface area contributed by atoms with Gasteiger partial charge >= 0.3 is 0 Å². The van der Waals surface area contributed by atoms with E-state index in [1.807, 2.05) is 6.92 Å². The van der Waals surface area contributed by atoms with Gasteiger partial charge in [0.2, 0.25) is 10.0 Å². The van der Waals surface area contributed by atoms with Crippen LogP contribution in [0.2, 0.25) is 0 Å². The number of aryl methyl sites for hydroxylation is 2. The van der Waals surface area contributed by atoms with E-state index in [-0.39, 0.29) is 10.6 Å². The van der Waals surface area contributed by atoms with Crippen molar-refractivity contribution >= 4 is 21.6 Å². The Kier molecular flexibility index (Phi) is 5.06. The lowest BCUT2D eigenvalue weighted by molar-refractivity contribution is -0.0523. The highest BCUT2D eigenvalue weighted by Crippen LogP contribution is 2.25. The van der Waals surface area contributed by atoms with Gasteiger partial charge in [-0.25, -0.2) is 13.1 Å². The van der Waals surface area contributed by atoms with Crippen LogP contribution < -0.4 is 10.0 Å². The fraction of sp³-hybridized carbons (Fsp3) is 0.368. The molecule has 1 aliphatic rings. The van der Waals surface area contributed by atoms with Crippen LogP contribution >= 0.6 is 0 Å². The Bertz CT molecular complexity index is 1090. The third-order valence-electron chi connectivity index (χ3n) is 4.73. The highest BCUT2D eigenvalue weighted by Gasteiger charge is 2.39. The number of carbonyl (C=O) groups excluding carboxylic acids is 1. The van der Waals surface area contributed by atoms with Crippen LogP contribution in [0, 0.1) is 25.2 Å². The molecule has 8 nitrogen and oxygen atoms in total. The van der Waals surface area contributed by atoms with Crippen molar-refractivity contribution < 1.29 is 17.9 Å². The van der Waals surface area contributed by atoms with E-state index in [1.54, 1.807) is 39.1 Å². The highest BCUT2D eigenvalue weighted by molar-refractivity contribution is 7.89. The Morgan fingerprint density at radius 2 is 2.00 bits per heavy atom. The average Bonchev–Trinajstić information content (AvgIpc) is 2.90. The zero-order chi connectivity index (χ0) is 20.7. The number of ether oxygens (including phenoxy) is 1. The molecule has 0 saturated carbocycles. The molecule has 0 radical (unpaired) electrons. The number of hydrogen-bond acceptors (Lipinski definition) is 5. The maximum Gasteiger partial charge on any atom is 0.272 e. The predicted octanol–water partition coefficient (Wildman–Crippen LogP) is 1.83. The number of amides is 1. The molecule has 148 valence electrons. The van der Waals surface area contributed by atoms with Crippen LogP contribution in [0.25, 0.3) is 0 Å². The zero-order valence-electron chi connectivity index (χ0n) is 16.2. The van der Waals surface area contributed by atoms with Gasteiger partial charge in [0, 0.05) is 18.9 Å². The van der Waals surface area contributed by atoms with E-state index in [0.29, 0.717) is 30.0 Å². The summed E-state index contributed by atoms with van der Waals surface area (Å²) in [6.07, 6.45) is 1.42. The Balaban J connectivity index is 1.89. The van der Waals surface area contributed by atoms with Gasteiger partial charge in [-0.15, -0.1) is 0 Å². The number of anilines is 1. The van der Waals surface area contributed by atoms with Gasteiger partial charge in [-0.05, 0) is 44.0 Å². The van der Waals surface area contributed by atoms with Crippen molar-refractivity contribution in [3.05, 3.63) is 46.8 Å². The van der Waals surface area contributed by atoms with Crippen molar-refractivity contribution in [1.82, 2.24) is 9.29 Å². The van der Waals surface area contributed by atoms with Crippen LogP contribution in [0.5, 0.6) is 0 Å². The first-order chi connectivity index (χ1) is 13.1. The second kappa shape index (κ2) is 7.05. The summed E-state index contributed by atoms with van der Waals surface area (Å²) in [6, 6.07) is 7.10. The number of benzene rings is 1. The fourth-order valence-electron chi connectivity index (χ4n) is 3.18. The summed E-state index contributed by atoms with van der Waals surface area (Å²) >= 11 is 0. The molecule has 9 heteroatoms. The number of nitriles is 1. The van der Waals surface area contributed by atoms with Crippen LogP contribution in [0.1, 0.15) is 34.1 Å². The summed E-state index contributed by atoms with van der Waals surface area (Å²) in [5.74, 6) is -0.451. The number of hydrogen-bond donors (Lipinski definition) is 2. The molecule has 1 saturated heterocycles. The number of nitrogens with one attached hydrogen (secondary N) is 2. The van der Waals surface area contributed by atoms with Gasteiger partial charge < -0.3 is 14.6 Å². The third kappa shape index (κ3) is 3.67. The third-order valence-corrected chi connectivity index (χ3v) is 6.48. The largest absolute Gasteiger partial charge is 0.377 e. The summed E-state index contributed by atoms with van der Waals surface area (Å²) in [6.45, 7) is 5.78. The molecule has 3 rings (SSSR count). The molecule has 2 aromatic rings. The lowest BCUT2D eigenvalue weighted by Gasteiger charge is -2.38. The minimum absolute atomic E-state index is 0.0508. The zero-order valence-corrected chi connectivity index (χ0v) is 17.0. The molecule has 1 fully saturated rings. The number of sulfonamides is 1. The van der Waals surface area contributed by atoms with Crippen LogP contribution in [-0.4, -0.2) is 37.6 Å². The molecule has 1 aromatic carbocycles. The van der Waals surface area contributed by atoms with Crippen LogP contribution in [0.3, 0.4) is 0 Å². The molecule has 2 heterocycles. The van der Waals surface area contributed by atoms with Gasteiger partial charge in [-0.3, -0.25) is 4.79 Å². The Labute approximate surface area is 164 Å². The van der Waals surface area contributed by atoms with E-state index < -0.39 is 21.5 Å². The molecule has 2 N–H and O–H groups in total. The van der Waals surface area contributed by atoms with Gasteiger partial charge in [0.15, 0.2) is 0 Å². The first-order valence-corrected chi connectivity index (χ1v) is 10.1. The fourth-order valence-corrected chi connectivity index (χ4v) is 4.85. The monoisotopic (exact) mass is 402 g/mol. The SMILES string of the molecule is Cc1ccc(NC(=O)c2c(C)c(S(=O)(=O)NC3(C)COC3)cn2C)cc1C#N. The van der Waals surface area contributed by atoms with Crippen molar-refractivity contribution in [3.63, 3.8) is 0 Å². The maximum atomic E-state index is 12.8. The van der Waals surface area contributed by atoms with E-state index in [2.05, 4.69) is 16.1 Å². The predicted molar refractivity (Wildman–Crippen MR) is 104 cm³/mol. The van der Waals surface area contributed by atoms with Gasteiger partial charge in [-0.1, -0.05) is 6.07 Å². The summed E-state index contributed by atoms with van der Waals surface area (Å²) in [5.41, 5.74) is 1.68. The van der Waals surface area contributed by atoms with Gasteiger partial charge in [0.1, 0.15) is 10.6 Å². The molecule has 0 atom stereocenters. The second-order valence-corrected chi connectivity index (χ2v) is 8.98. The molecule has 1 aliphatic heterocycles. The molecule has 0 unspecified atom stereocenters. The molecule has 0 spiro atoms. The highest BCUT2D eigenvalue weighted by atomic mass is 32.2. The smallest absolute Gasteiger partial charge is 0.272 e. The minimum atomic E-state index is -3.81. The van der Waals surface area contributed by atoms with Gasteiger partial charge in [-0.2, -0.15) is 5.26 Å². The number of rotatable bonds is 5. The number of aromatic nitrogens is 1. The average molecular weight is 402 g/mol. The minimum Gasteiger partial charge on any atom is -0.377 e. The molecule has 28 heavy (non-hydrogen) atoms. The van der Waals surface area contributed by atoms with E-state index in [9.17, 15) is 13.2 Å². The Morgan fingerprint density at radius 3 is 2.57 bits per heavy atom.